The number of carbonyl (C=O) groups is 1. The number of hydrazine groups is 1. The Morgan fingerprint density at radius 2 is 1.81 bits per heavy atom. The number of nitrogens with one attached hydrogen (secondary N) is 3. The van der Waals surface area contributed by atoms with E-state index >= 15 is 0 Å². The lowest BCUT2D eigenvalue weighted by Gasteiger charge is -2.23. The maximum atomic E-state index is 12.5. The lowest BCUT2D eigenvalue weighted by Crippen LogP contribution is -2.35. The molecule has 0 aliphatic carbocycles. The molecule has 1 fully saturated rings. The second-order valence-corrected chi connectivity index (χ2v) is 7.33. The summed E-state index contributed by atoms with van der Waals surface area (Å²) in [6, 6.07) is 8.94. The third-order valence-corrected chi connectivity index (χ3v) is 5.45. The van der Waals surface area contributed by atoms with Crippen molar-refractivity contribution >= 4 is 11.7 Å². The van der Waals surface area contributed by atoms with Crippen molar-refractivity contribution in [2.24, 2.45) is 5.92 Å². The molecule has 3 N–H and O–H groups in total. The molecule has 0 bridgehead atoms. The molecule has 0 radical (unpaired) electrons. The van der Waals surface area contributed by atoms with Crippen molar-refractivity contribution in [3.05, 3.63) is 29.8 Å². The Morgan fingerprint density at radius 3 is 2.42 bits per heavy atom. The van der Waals surface area contributed by atoms with E-state index in [4.69, 9.17) is 0 Å². The van der Waals surface area contributed by atoms with Crippen LogP contribution in [0, 0.1) is 5.92 Å². The summed E-state index contributed by atoms with van der Waals surface area (Å²) in [6.45, 7) is 12.4. The SMILES string of the molecule is CCN(CC)Cc1cccc(NC(=O)N(C)CCC2C(C)NNC2C)c1. The van der Waals surface area contributed by atoms with Crippen molar-refractivity contribution < 1.29 is 4.79 Å². The van der Waals surface area contributed by atoms with Gasteiger partial charge in [0, 0.05) is 37.9 Å². The van der Waals surface area contributed by atoms with Gasteiger partial charge < -0.3 is 10.2 Å². The topological polar surface area (TPSA) is 59.6 Å². The van der Waals surface area contributed by atoms with E-state index < -0.39 is 0 Å². The zero-order valence-corrected chi connectivity index (χ0v) is 16.9. The van der Waals surface area contributed by atoms with Crippen LogP contribution in [0.2, 0.25) is 0 Å². The van der Waals surface area contributed by atoms with Crippen LogP contribution in [0.15, 0.2) is 24.3 Å². The molecule has 6 nitrogen and oxygen atoms in total. The fourth-order valence-electron chi connectivity index (χ4n) is 3.53. The predicted molar refractivity (Wildman–Crippen MR) is 108 cm³/mol. The summed E-state index contributed by atoms with van der Waals surface area (Å²) >= 11 is 0. The summed E-state index contributed by atoms with van der Waals surface area (Å²) in [4.78, 5) is 16.6. The summed E-state index contributed by atoms with van der Waals surface area (Å²) < 4.78 is 0. The Labute approximate surface area is 158 Å². The summed E-state index contributed by atoms with van der Waals surface area (Å²) in [5.74, 6) is 0.530. The van der Waals surface area contributed by atoms with E-state index in [0.29, 0.717) is 18.0 Å². The standard InChI is InChI=1S/C20H35N5O/c1-6-25(7-2)14-17-9-8-10-18(13-17)21-20(26)24(5)12-11-19-15(3)22-23-16(19)4/h8-10,13,15-16,19,22-23H,6-7,11-12,14H2,1-5H3,(H,21,26). The van der Waals surface area contributed by atoms with E-state index in [9.17, 15) is 4.79 Å². The van der Waals surface area contributed by atoms with Crippen molar-refractivity contribution in [2.75, 3.05) is 32.0 Å². The summed E-state index contributed by atoms with van der Waals surface area (Å²) in [5.41, 5.74) is 8.62. The fourth-order valence-corrected chi connectivity index (χ4v) is 3.53. The lowest BCUT2D eigenvalue weighted by molar-refractivity contribution is 0.217. The molecule has 1 aromatic rings. The molecule has 1 aromatic carbocycles. The van der Waals surface area contributed by atoms with E-state index in [0.717, 1.165) is 38.3 Å². The van der Waals surface area contributed by atoms with Gasteiger partial charge >= 0.3 is 6.03 Å². The van der Waals surface area contributed by atoms with Gasteiger partial charge in [-0.3, -0.25) is 15.8 Å². The third kappa shape index (κ3) is 5.69. The van der Waals surface area contributed by atoms with E-state index in [1.807, 2.05) is 19.2 Å². The van der Waals surface area contributed by atoms with Crippen LogP contribution in [0.25, 0.3) is 0 Å². The van der Waals surface area contributed by atoms with E-state index in [-0.39, 0.29) is 6.03 Å². The first kappa shape index (κ1) is 20.7. The first-order valence-electron chi connectivity index (χ1n) is 9.79. The zero-order valence-electron chi connectivity index (χ0n) is 16.9. The van der Waals surface area contributed by atoms with E-state index in [1.54, 1.807) is 4.90 Å². The number of urea groups is 1. The van der Waals surface area contributed by atoms with Crippen molar-refractivity contribution in [1.29, 1.82) is 0 Å². The van der Waals surface area contributed by atoms with Gasteiger partial charge in [-0.15, -0.1) is 0 Å². The van der Waals surface area contributed by atoms with Gasteiger partial charge in [0.1, 0.15) is 0 Å². The second kappa shape index (κ2) is 9.90. The quantitative estimate of drug-likeness (QED) is 0.666. The number of hydrogen-bond donors (Lipinski definition) is 3. The highest BCUT2D eigenvalue weighted by Gasteiger charge is 2.29. The largest absolute Gasteiger partial charge is 0.328 e. The highest BCUT2D eigenvalue weighted by Crippen LogP contribution is 2.19. The van der Waals surface area contributed by atoms with Crippen LogP contribution < -0.4 is 16.2 Å². The fraction of sp³-hybridized carbons (Fsp3) is 0.650. The summed E-state index contributed by atoms with van der Waals surface area (Å²) in [7, 11) is 1.86. The molecule has 1 saturated heterocycles. The van der Waals surface area contributed by atoms with Crippen molar-refractivity contribution in [3.63, 3.8) is 0 Å². The van der Waals surface area contributed by atoms with E-state index in [2.05, 4.69) is 60.9 Å². The van der Waals surface area contributed by atoms with Gasteiger partial charge in [-0.25, -0.2) is 4.79 Å². The zero-order chi connectivity index (χ0) is 19.1. The van der Waals surface area contributed by atoms with Crippen LogP contribution in [0.5, 0.6) is 0 Å². The molecule has 146 valence electrons. The lowest BCUT2D eigenvalue weighted by atomic mass is 9.93. The molecule has 1 aliphatic rings. The normalized spacial score (nSPS) is 22.6. The predicted octanol–water partition coefficient (Wildman–Crippen LogP) is 2.88. The van der Waals surface area contributed by atoms with Crippen LogP contribution in [0.1, 0.15) is 39.7 Å². The highest BCUT2D eigenvalue weighted by molar-refractivity contribution is 5.89. The number of hydrogen-bond acceptors (Lipinski definition) is 4. The van der Waals surface area contributed by atoms with Crippen LogP contribution in [0.4, 0.5) is 10.5 Å². The summed E-state index contributed by atoms with van der Waals surface area (Å²) in [5, 5.41) is 3.03. The minimum Gasteiger partial charge on any atom is -0.328 e. The molecule has 2 rings (SSSR count). The minimum atomic E-state index is -0.0517. The molecule has 26 heavy (non-hydrogen) atoms. The average Bonchev–Trinajstić information content (AvgIpc) is 2.95. The van der Waals surface area contributed by atoms with Gasteiger partial charge in [-0.05, 0) is 57.0 Å². The van der Waals surface area contributed by atoms with Crippen molar-refractivity contribution in [1.82, 2.24) is 20.7 Å². The molecular formula is C20H35N5O. The Hall–Kier alpha value is -1.63. The summed E-state index contributed by atoms with van der Waals surface area (Å²) in [6.07, 6.45) is 0.980. The Morgan fingerprint density at radius 1 is 1.15 bits per heavy atom. The monoisotopic (exact) mass is 361 g/mol. The molecule has 2 unspecified atom stereocenters. The molecular weight excluding hydrogens is 326 g/mol. The smallest absolute Gasteiger partial charge is 0.321 e. The number of anilines is 1. The van der Waals surface area contributed by atoms with Crippen molar-refractivity contribution in [2.45, 2.75) is 52.7 Å². The van der Waals surface area contributed by atoms with Crippen LogP contribution in [-0.2, 0) is 6.54 Å². The van der Waals surface area contributed by atoms with E-state index in [1.165, 1.54) is 5.56 Å². The maximum Gasteiger partial charge on any atom is 0.321 e. The first-order valence-corrected chi connectivity index (χ1v) is 9.79. The number of amides is 2. The molecule has 2 amide bonds. The molecule has 0 saturated carbocycles. The van der Waals surface area contributed by atoms with Gasteiger partial charge in [0.25, 0.3) is 0 Å². The van der Waals surface area contributed by atoms with Crippen LogP contribution in [0.3, 0.4) is 0 Å². The van der Waals surface area contributed by atoms with Crippen LogP contribution >= 0.6 is 0 Å². The van der Waals surface area contributed by atoms with Crippen molar-refractivity contribution in [3.8, 4) is 0 Å². The highest BCUT2D eigenvalue weighted by atomic mass is 16.2. The van der Waals surface area contributed by atoms with Gasteiger partial charge in [0.2, 0.25) is 0 Å². The van der Waals surface area contributed by atoms with Crippen LogP contribution in [-0.4, -0.2) is 54.6 Å². The first-order chi connectivity index (χ1) is 12.4. The maximum absolute atomic E-state index is 12.5. The molecule has 0 aromatic heterocycles. The molecule has 2 atom stereocenters. The number of carbonyl (C=O) groups excluding carboxylic acids is 1. The number of rotatable bonds is 8. The minimum absolute atomic E-state index is 0.0517. The van der Waals surface area contributed by atoms with Gasteiger partial charge in [0.15, 0.2) is 0 Å². The van der Waals surface area contributed by atoms with Gasteiger partial charge in [-0.1, -0.05) is 26.0 Å². The Bertz CT molecular complexity index is 565. The Balaban J connectivity index is 1.86. The average molecular weight is 362 g/mol. The molecule has 1 heterocycles. The van der Waals surface area contributed by atoms with Gasteiger partial charge in [-0.2, -0.15) is 0 Å². The third-order valence-electron chi connectivity index (χ3n) is 5.45. The molecule has 6 heteroatoms. The number of nitrogens with zero attached hydrogens (tertiary/aromatic N) is 2. The number of benzene rings is 1. The Kier molecular flexibility index (Phi) is 7.87. The van der Waals surface area contributed by atoms with Gasteiger partial charge in [0.05, 0.1) is 0 Å². The second-order valence-electron chi connectivity index (χ2n) is 7.33. The molecule has 1 aliphatic heterocycles. The molecule has 0 spiro atoms.